The van der Waals surface area contributed by atoms with Crippen molar-refractivity contribution >= 4 is 5.97 Å². The molecule has 5 nitrogen and oxygen atoms in total. The largest absolute Gasteiger partial charge is 0.522 e. The van der Waals surface area contributed by atoms with Gasteiger partial charge in [-0.25, -0.2) is 4.79 Å². The van der Waals surface area contributed by atoms with Crippen LogP contribution in [0.25, 0.3) is 0 Å². The summed E-state index contributed by atoms with van der Waals surface area (Å²) in [6.45, 7) is -0.838. The molecule has 8 heteroatoms. The van der Waals surface area contributed by atoms with Gasteiger partial charge in [-0.3, -0.25) is 4.74 Å². The number of hydrogen-bond acceptors (Lipinski definition) is 4. The van der Waals surface area contributed by atoms with Crippen molar-refractivity contribution in [3.8, 4) is 11.5 Å². The summed E-state index contributed by atoms with van der Waals surface area (Å²) in [5.41, 5.74) is 0.00680. The lowest BCUT2D eigenvalue weighted by atomic mass is 10.2. The Bertz CT molecular complexity index is 486. The molecular weight excluding hydrogens is 269 g/mol. The van der Waals surface area contributed by atoms with Crippen LogP contribution in [0.4, 0.5) is 13.2 Å². The molecule has 0 saturated heterocycles. The molecule has 0 spiro atoms. The van der Waals surface area contributed by atoms with E-state index in [2.05, 4.69) is 4.74 Å². The van der Waals surface area contributed by atoms with Gasteiger partial charge < -0.3 is 14.6 Å². The highest BCUT2D eigenvalue weighted by Gasteiger charge is 2.32. The highest BCUT2D eigenvalue weighted by Crippen LogP contribution is 2.33. The number of benzene rings is 1. The van der Waals surface area contributed by atoms with E-state index < -0.39 is 25.0 Å². The molecule has 104 valence electrons. The summed E-state index contributed by atoms with van der Waals surface area (Å²) in [7, 11) is 0. The molecule has 1 atom stereocenters. The van der Waals surface area contributed by atoms with Crippen molar-refractivity contribution in [2.45, 2.75) is 12.5 Å². The van der Waals surface area contributed by atoms with Crippen molar-refractivity contribution in [2.24, 2.45) is 0 Å². The SMILES string of the molecule is O=C(O)c1ccc2c(c1)OCC(COC(F)(F)F)O2. The third-order valence-electron chi connectivity index (χ3n) is 2.34. The van der Waals surface area contributed by atoms with Gasteiger partial charge in [0.15, 0.2) is 17.6 Å². The van der Waals surface area contributed by atoms with Crippen LogP contribution >= 0.6 is 0 Å². The third-order valence-corrected chi connectivity index (χ3v) is 2.34. The summed E-state index contributed by atoms with van der Waals surface area (Å²) >= 11 is 0. The Morgan fingerprint density at radius 3 is 2.79 bits per heavy atom. The van der Waals surface area contributed by atoms with E-state index in [0.29, 0.717) is 0 Å². The molecule has 0 fully saturated rings. The number of carboxylic acids is 1. The molecule has 2 rings (SSSR count). The maximum Gasteiger partial charge on any atom is 0.522 e. The lowest BCUT2D eigenvalue weighted by Gasteiger charge is -2.26. The summed E-state index contributed by atoms with van der Waals surface area (Å²) in [6.07, 6.45) is -5.62. The van der Waals surface area contributed by atoms with Crippen LogP contribution in [0.5, 0.6) is 11.5 Å². The molecule has 1 aromatic carbocycles. The van der Waals surface area contributed by atoms with Gasteiger partial charge in [-0.05, 0) is 18.2 Å². The monoisotopic (exact) mass is 278 g/mol. The minimum Gasteiger partial charge on any atom is -0.486 e. The highest BCUT2D eigenvalue weighted by atomic mass is 19.4. The van der Waals surface area contributed by atoms with Crippen LogP contribution in [0.15, 0.2) is 18.2 Å². The first-order chi connectivity index (χ1) is 8.85. The third kappa shape index (κ3) is 3.50. The first-order valence-electron chi connectivity index (χ1n) is 5.22. The Labute approximate surface area is 105 Å². The van der Waals surface area contributed by atoms with E-state index in [-0.39, 0.29) is 23.7 Å². The summed E-state index contributed by atoms with van der Waals surface area (Å²) in [6, 6.07) is 3.86. The second-order valence-electron chi connectivity index (χ2n) is 3.77. The molecule has 1 N–H and O–H groups in total. The average Bonchev–Trinajstić information content (AvgIpc) is 2.34. The molecule has 19 heavy (non-hydrogen) atoms. The quantitative estimate of drug-likeness (QED) is 0.916. The second kappa shape index (κ2) is 4.96. The Hall–Kier alpha value is -1.96. The van der Waals surface area contributed by atoms with Crippen LogP contribution in [0.2, 0.25) is 0 Å². The number of rotatable bonds is 3. The zero-order chi connectivity index (χ0) is 14.0. The van der Waals surface area contributed by atoms with E-state index in [9.17, 15) is 18.0 Å². The van der Waals surface area contributed by atoms with Crippen molar-refractivity contribution in [3.05, 3.63) is 23.8 Å². The van der Waals surface area contributed by atoms with Gasteiger partial charge in [-0.1, -0.05) is 0 Å². The molecule has 1 heterocycles. The molecule has 1 aromatic rings. The van der Waals surface area contributed by atoms with E-state index in [4.69, 9.17) is 14.6 Å². The first kappa shape index (κ1) is 13.5. The second-order valence-corrected chi connectivity index (χ2v) is 3.77. The molecule has 1 aliphatic rings. The van der Waals surface area contributed by atoms with Crippen molar-refractivity contribution < 1.29 is 37.3 Å². The van der Waals surface area contributed by atoms with Crippen molar-refractivity contribution in [2.75, 3.05) is 13.2 Å². The molecule has 0 bridgehead atoms. The van der Waals surface area contributed by atoms with Crippen molar-refractivity contribution in [3.63, 3.8) is 0 Å². The van der Waals surface area contributed by atoms with Crippen LogP contribution in [0.3, 0.4) is 0 Å². The van der Waals surface area contributed by atoms with Gasteiger partial charge in [0.1, 0.15) is 6.61 Å². The maximum atomic E-state index is 11.9. The Kier molecular flexibility index (Phi) is 3.52. The van der Waals surface area contributed by atoms with Crippen molar-refractivity contribution in [1.29, 1.82) is 0 Å². The van der Waals surface area contributed by atoms with E-state index >= 15 is 0 Å². The predicted molar refractivity (Wildman–Crippen MR) is 55.3 cm³/mol. The Balaban J connectivity index is 2.02. The molecule has 0 aromatic heterocycles. The first-order valence-corrected chi connectivity index (χ1v) is 5.22. The zero-order valence-corrected chi connectivity index (χ0v) is 9.44. The highest BCUT2D eigenvalue weighted by molar-refractivity contribution is 5.88. The fourth-order valence-corrected chi connectivity index (χ4v) is 1.52. The normalized spacial score (nSPS) is 18.2. The van der Waals surface area contributed by atoms with Gasteiger partial charge in [0, 0.05) is 0 Å². The summed E-state index contributed by atoms with van der Waals surface area (Å²) in [5.74, 6) is -0.760. The van der Waals surface area contributed by atoms with Crippen molar-refractivity contribution in [1.82, 2.24) is 0 Å². The lowest BCUT2D eigenvalue weighted by molar-refractivity contribution is -0.330. The molecule has 1 unspecified atom stereocenters. The molecule has 0 aliphatic carbocycles. The van der Waals surface area contributed by atoms with E-state index in [0.717, 1.165) is 0 Å². The fraction of sp³-hybridized carbons (Fsp3) is 0.364. The fourth-order valence-electron chi connectivity index (χ4n) is 1.52. The molecule has 0 radical (unpaired) electrons. The standard InChI is InChI=1S/C11H9F3O5/c12-11(13,14)18-5-7-4-17-9-3-6(10(15)16)1-2-8(9)19-7/h1-3,7H,4-5H2,(H,15,16). The summed E-state index contributed by atoms with van der Waals surface area (Å²) in [4.78, 5) is 10.7. The number of aromatic carboxylic acids is 1. The average molecular weight is 278 g/mol. The van der Waals surface area contributed by atoms with Gasteiger partial charge in [0.25, 0.3) is 0 Å². The number of alkyl halides is 3. The van der Waals surface area contributed by atoms with E-state index in [1.165, 1.54) is 18.2 Å². The number of fused-ring (bicyclic) bond motifs is 1. The molecule has 0 saturated carbocycles. The number of carbonyl (C=O) groups is 1. The number of ether oxygens (including phenoxy) is 3. The number of carboxylic acid groups (broad SMARTS) is 1. The maximum absolute atomic E-state index is 11.9. The van der Waals surface area contributed by atoms with Gasteiger partial charge >= 0.3 is 12.3 Å². The predicted octanol–water partition coefficient (Wildman–Crippen LogP) is 2.06. The number of hydrogen-bond donors (Lipinski definition) is 1. The Morgan fingerprint density at radius 2 is 2.16 bits per heavy atom. The summed E-state index contributed by atoms with van der Waals surface area (Å²) < 4.78 is 49.6. The van der Waals surface area contributed by atoms with Crippen LogP contribution < -0.4 is 9.47 Å². The van der Waals surface area contributed by atoms with E-state index in [1.807, 2.05) is 0 Å². The summed E-state index contributed by atoms with van der Waals surface area (Å²) in [5, 5.41) is 8.77. The Morgan fingerprint density at radius 1 is 1.42 bits per heavy atom. The van der Waals surface area contributed by atoms with Gasteiger partial charge in [0.05, 0.1) is 12.2 Å². The van der Waals surface area contributed by atoms with Crippen LogP contribution in [-0.2, 0) is 4.74 Å². The minimum absolute atomic E-state index is 0.00680. The molecule has 1 aliphatic heterocycles. The van der Waals surface area contributed by atoms with Crippen LogP contribution in [-0.4, -0.2) is 36.8 Å². The van der Waals surface area contributed by atoms with Gasteiger partial charge in [-0.2, -0.15) is 0 Å². The van der Waals surface area contributed by atoms with Crippen LogP contribution in [0.1, 0.15) is 10.4 Å². The molecule has 0 amide bonds. The number of halogens is 3. The van der Waals surface area contributed by atoms with Gasteiger partial charge in [-0.15, -0.1) is 13.2 Å². The smallest absolute Gasteiger partial charge is 0.486 e. The zero-order valence-electron chi connectivity index (χ0n) is 9.44. The van der Waals surface area contributed by atoms with Gasteiger partial charge in [0.2, 0.25) is 0 Å². The van der Waals surface area contributed by atoms with Crippen LogP contribution in [0, 0.1) is 0 Å². The van der Waals surface area contributed by atoms with E-state index in [1.54, 1.807) is 0 Å². The minimum atomic E-state index is -4.73. The topological polar surface area (TPSA) is 65.0 Å². The lowest BCUT2D eigenvalue weighted by Crippen LogP contribution is -2.35. The molecular formula is C11H9F3O5.